The molecule has 4 nitrogen and oxygen atoms in total. The molecular weight excluding hydrogens is 272 g/mol. The zero-order valence-electron chi connectivity index (χ0n) is 12.0. The summed E-state index contributed by atoms with van der Waals surface area (Å²) in [6.45, 7) is 4.92. The number of halogens is 1. The van der Waals surface area contributed by atoms with Crippen LogP contribution in [0.4, 0.5) is 17.5 Å². The van der Waals surface area contributed by atoms with E-state index in [1.165, 1.54) is 5.56 Å². The van der Waals surface area contributed by atoms with Crippen molar-refractivity contribution >= 4 is 29.1 Å². The summed E-state index contributed by atoms with van der Waals surface area (Å²) in [6.07, 6.45) is 2.65. The second-order valence-electron chi connectivity index (χ2n) is 4.47. The lowest BCUT2D eigenvalue weighted by Gasteiger charge is -2.20. The third kappa shape index (κ3) is 3.20. The van der Waals surface area contributed by atoms with Gasteiger partial charge >= 0.3 is 0 Å². The molecule has 2 rings (SSSR count). The van der Waals surface area contributed by atoms with Crippen molar-refractivity contribution in [3.8, 4) is 0 Å². The maximum Gasteiger partial charge on any atom is 0.224 e. The zero-order valence-corrected chi connectivity index (χ0v) is 12.8. The molecular formula is C15H19ClN4. The lowest BCUT2D eigenvalue weighted by atomic mass is 10.1. The molecule has 0 aliphatic heterocycles. The summed E-state index contributed by atoms with van der Waals surface area (Å²) in [5.41, 5.74) is 2.36. The van der Waals surface area contributed by atoms with Crippen molar-refractivity contribution < 1.29 is 0 Å². The summed E-state index contributed by atoms with van der Waals surface area (Å²) in [6, 6.07) is 8.38. The molecule has 1 heterocycles. The molecule has 1 aromatic heterocycles. The Morgan fingerprint density at radius 1 is 1.20 bits per heavy atom. The first kappa shape index (κ1) is 14.6. The standard InChI is InChI=1S/C15H19ClN4/c1-4-11-6-8-12(9-7-11)20(3)14-13(16)10-18-15(19-14)17-5-2/h6-10H,4-5H2,1-3H3,(H,17,18,19). The molecule has 0 bridgehead atoms. The zero-order chi connectivity index (χ0) is 14.5. The lowest BCUT2D eigenvalue weighted by molar-refractivity contribution is 1.04. The summed E-state index contributed by atoms with van der Waals surface area (Å²) >= 11 is 6.21. The third-order valence-corrected chi connectivity index (χ3v) is 3.38. The Labute approximate surface area is 124 Å². The largest absolute Gasteiger partial charge is 0.354 e. The van der Waals surface area contributed by atoms with E-state index in [0.29, 0.717) is 16.8 Å². The van der Waals surface area contributed by atoms with Crippen LogP contribution in [0.2, 0.25) is 5.02 Å². The van der Waals surface area contributed by atoms with Crippen molar-refractivity contribution in [2.75, 3.05) is 23.8 Å². The summed E-state index contributed by atoms with van der Waals surface area (Å²) in [5.74, 6) is 1.28. The Bertz CT molecular complexity index is 569. The molecule has 2 aromatic rings. The Balaban J connectivity index is 2.30. The van der Waals surface area contributed by atoms with E-state index in [-0.39, 0.29) is 0 Å². The number of aromatic nitrogens is 2. The van der Waals surface area contributed by atoms with Crippen LogP contribution < -0.4 is 10.2 Å². The predicted molar refractivity (Wildman–Crippen MR) is 85.1 cm³/mol. The highest BCUT2D eigenvalue weighted by Gasteiger charge is 2.11. The lowest BCUT2D eigenvalue weighted by Crippen LogP contribution is -2.14. The summed E-state index contributed by atoms with van der Waals surface area (Å²) < 4.78 is 0. The van der Waals surface area contributed by atoms with Gasteiger partial charge in [0.2, 0.25) is 5.95 Å². The fourth-order valence-electron chi connectivity index (χ4n) is 1.91. The summed E-state index contributed by atoms with van der Waals surface area (Å²) in [5, 5.41) is 3.63. The van der Waals surface area contributed by atoms with Crippen LogP contribution in [0.15, 0.2) is 30.5 Å². The average Bonchev–Trinajstić information content (AvgIpc) is 2.49. The SMILES string of the molecule is CCNc1ncc(Cl)c(N(C)c2ccc(CC)cc2)n1. The van der Waals surface area contributed by atoms with E-state index in [1.54, 1.807) is 6.20 Å². The van der Waals surface area contributed by atoms with E-state index in [4.69, 9.17) is 11.6 Å². The minimum atomic E-state index is 0.536. The molecule has 1 aromatic carbocycles. The Morgan fingerprint density at radius 3 is 2.50 bits per heavy atom. The van der Waals surface area contributed by atoms with Gasteiger partial charge in [0.05, 0.1) is 6.20 Å². The van der Waals surface area contributed by atoms with Gasteiger partial charge in [-0.3, -0.25) is 0 Å². The molecule has 106 valence electrons. The highest BCUT2D eigenvalue weighted by atomic mass is 35.5. The third-order valence-electron chi connectivity index (χ3n) is 3.11. The fraction of sp³-hybridized carbons (Fsp3) is 0.333. The van der Waals surface area contributed by atoms with E-state index in [1.807, 2.05) is 18.9 Å². The van der Waals surface area contributed by atoms with Crippen LogP contribution >= 0.6 is 11.6 Å². The highest BCUT2D eigenvalue weighted by Crippen LogP contribution is 2.29. The quantitative estimate of drug-likeness (QED) is 0.907. The van der Waals surface area contributed by atoms with E-state index in [9.17, 15) is 0 Å². The maximum absolute atomic E-state index is 6.21. The molecule has 0 aliphatic rings. The molecule has 0 spiro atoms. The minimum absolute atomic E-state index is 0.536. The number of nitrogens with zero attached hydrogens (tertiary/aromatic N) is 3. The van der Waals surface area contributed by atoms with Crippen LogP contribution in [-0.2, 0) is 6.42 Å². The maximum atomic E-state index is 6.21. The predicted octanol–water partition coefficient (Wildman–Crippen LogP) is 3.89. The van der Waals surface area contributed by atoms with Gasteiger partial charge in [-0.15, -0.1) is 0 Å². The number of rotatable bonds is 5. The molecule has 5 heteroatoms. The summed E-state index contributed by atoms with van der Waals surface area (Å²) in [7, 11) is 1.95. The molecule has 0 amide bonds. The number of hydrogen-bond donors (Lipinski definition) is 1. The van der Waals surface area contributed by atoms with Gasteiger partial charge in [-0.25, -0.2) is 4.98 Å². The molecule has 1 N–H and O–H groups in total. The van der Waals surface area contributed by atoms with Crippen molar-refractivity contribution in [1.29, 1.82) is 0 Å². The number of nitrogens with one attached hydrogen (secondary N) is 1. The van der Waals surface area contributed by atoms with Crippen molar-refractivity contribution in [2.24, 2.45) is 0 Å². The van der Waals surface area contributed by atoms with Crippen molar-refractivity contribution in [3.05, 3.63) is 41.0 Å². The normalized spacial score (nSPS) is 10.4. The van der Waals surface area contributed by atoms with Crippen LogP contribution in [0, 0.1) is 0 Å². The van der Waals surface area contributed by atoms with Gasteiger partial charge in [0.15, 0.2) is 5.82 Å². The van der Waals surface area contributed by atoms with Crippen LogP contribution in [-0.4, -0.2) is 23.6 Å². The first-order chi connectivity index (χ1) is 9.65. The van der Waals surface area contributed by atoms with Gasteiger partial charge in [0.25, 0.3) is 0 Å². The highest BCUT2D eigenvalue weighted by molar-refractivity contribution is 6.33. The Hall–Kier alpha value is -1.81. The van der Waals surface area contributed by atoms with Gasteiger partial charge in [-0.05, 0) is 31.0 Å². The van der Waals surface area contributed by atoms with Gasteiger partial charge < -0.3 is 10.2 Å². The first-order valence-electron chi connectivity index (χ1n) is 6.74. The van der Waals surface area contributed by atoms with E-state index < -0.39 is 0 Å². The fourth-order valence-corrected chi connectivity index (χ4v) is 2.13. The van der Waals surface area contributed by atoms with Gasteiger partial charge in [-0.2, -0.15) is 4.98 Å². The van der Waals surface area contributed by atoms with Crippen LogP contribution in [0.1, 0.15) is 19.4 Å². The smallest absolute Gasteiger partial charge is 0.224 e. The molecule has 20 heavy (non-hydrogen) atoms. The number of benzene rings is 1. The first-order valence-corrected chi connectivity index (χ1v) is 7.12. The van der Waals surface area contributed by atoms with E-state index >= 15 is 0 Å². The van der Waals surface area contributed by atoms with Gasteiger partial charge in [-0.1, -0.05) is 30.7 Å². The molecule has 0 atom stereocenters. The summed E-state index contributed by atoms with van der Waals surface area (Å²) in [4.78, 5) is 10.6. The molecule has 0 radical (unpaired) electrons. The van der Waals surface area contributed by atoms with Gasteiger partial charge in [0.1, 0.15) is 5.02 Å². The second-order valence-corrected chi connectivity index (χ2v) is 4.88. The number of hydrogen-bond acceptors (Lipinski definition) is 4. The van der Waals surface area contributed by atoms with Crippen molar-refractivity contribution in [2.45, 2.75) is 20.3 Å². The van der Waals surface area contributed by atoms with Crippen LogP contribution in [0.5, 0.6) is 0 Å². The van der Waals surface area contributed by atoms with Crippen LogP contribution in [0.25, 0.3) is 0 Å². The topological polar surface area (TPSA) is 41.1 Å². The Kier molecular flexibility index (Phi) is 4.79. The van der Waals surface area contributed by atoms with E-state index in [0.717, 1.165) is 18.7 Å². The molecule has 0 unspecified atom stereocenters. The van der Waals surface area contributed by atoms with E-state index in [2.05, 4.69) is 46.5 Å². The average molecular weight is 291 g/mol. The number of anilines is 3. The van der Waals surface area contributed by atoms with Crippen LogP contribution in [0.3, 0.4) is 0 Å². The minimum Gasteiger partial charge on any atom is -0.354 e. The van der Waals surface area contributed by atoms with Gasteiger partial charge in [0, 0.05) is 19.3 Å². The van der Waals surface area contributed by atoms with Crippen molar-refractivity contribution in [1.82, 2.24) is 9.97 Å². The molecule has 0 fully saturated rings. The monoisotopic (exact) mass is 290 g/mol. The molecule has 0 saturated heterocycles. The Morgan fingerprint density at radius 2 is 1.90 bits per heavy atom. The number of aryl methyl sites for hydroxylation is 1. The molecule has 0 aliphatic carbocycles. The second kappa shape index (κ2) is 6.57. The molecule has 0 saturated carbocycles. The van der Waals surface area contributed by atoms with Crippen molar-refractivity contribution in [3.63, 3.8) is 0 Å².